The maximum absolute atomic E-state index is 14.6. The van der Waals surface area contributed by atoms with Crippen molar-refractivity contribution in [2.75, 3.05) is 5.32 Å². The average molecular weight is 432 g/mol. The van der Waals surface area contributed by atoms with E-state index in [2.05, 4.69) is 20.3 Å². The van der Waals surface area contributed by atoms with E-state index in [-0.39, 0.29) is 24.0 Å². The minimum atomic E-state index is -0.782. The van der Waals surface area contributed by atoms with E-state index < -0.39 is 17.5 Å². The van der Waals surface area contributed by atoms with Crippen LogP contribution in [0.25, 0.3) is 22.3 Å². The number of halogens is 3. The summed E-state index contributed by atoms with van der Waals surface area (Å²) in [6.45, 7) is -0.250. The zero-order valence-electron chi connectivity index (χ0n) is 16.7. The summed E-state index contributed by atoms with van der Waals surface area (Å²) >= 11 is 0. The van der Waals surface area contributed by atoms with Crippen LogP contribution in [0.1, 0.15) is 38.5 Å². The highest BCUT2D eigenvalue weighted by Crippen LogP contribution is 2.41. The van der Waals surface area contributed by atoms with E-state index >= 15 is 0 Å². The Bertz CT molecular complexity index is 1080. The Morgan fingerprint density at radius 3 is 2.74 bits per heavy atom. The fraction of sp³-hybridized carbons (Fsp3) is 0.409. The van der Waals surface area contributed by atoms with Gasteiger partial charge in [0, 0.05) is 29.3 Å². The molecule has 9 heteroatoms. The first-order valence-electron chi connectivity index (χ1n) is 10.3. The fourth-order valence-corrected chi connectivity index (χ4v) is 4.88. The van der Waals surface area contributed by atoms with Gasteiger partial charge in [0.1, 0.15) is 17.2 Å². The van der Waals surface area contributed by atoms with E-state index in [1.54, 1.807) is 0 Å². The van der Waals surface area contributed by atoms with E-state index in [1.807, 2.05) is 0 Å². The first-order chi connectivity index (χ1) is 15.0. The van der Waals surface area contributed by atoms with E-state index in [0.29, 0.717) is 28.4 Å². The highest BCUT2D eigenvalue weighted by Gasteiger charge is 2.34. The van der Waals surface area contributed by atoms with Crippen molar-refractivity contribution in [3.05, 3.63) is 42.0 Å². The number of aromatic nitrogens is 3. The smallest absolute Gasteiger partial charge is 0.290 e. The number of pyridine rings is 2. The fourth-order valence-electron chi connectivity index (χ4n) is 4.88. The number of nitrogens with zero attached hydrogens (tertiary/aromatic N) is 2. The SMILES string of the molecule is Fc1cnc2[nH]cc(-c3nc(NC4CC5CCCC4CC5)c(F)cc3F)c2c1.O=CO. The van der Waals surface area contributed by atoms with Crippen LogP contribution in [0.3, 0.4) is 0 Å². The Morgan fingerprint density at radius 1 is 1.13 bits per heavy atom. The predicted molar refractivity (Wildman–Crippen MR) is 110 cm³/mol. The van der Waals surface area contributed by atoms with Gasteiger partial charge in [-0.25, -0.2) is 23.1 Å². The molecular weight excluding hydrogens is 409 g/mol. The minimum absolute atomic E-state index is 0.0127. The van der Waals surface area contributed by atoms with Crippen molar-refractivity contribution < 1.29 is 23.1 Å². The number of H-pyrrole nitrogens is 1. The second kappa shape index (κ2) is 8.95. The van der Waals surface area contributed by atoms with E-state index in [4.69, 9.17) is 9.90 Å². The Labute approximate surface area is 176 Å². The van der Waals surface area contributed by atoms with E-state index in [1.165, 1.54) is 31.5 Å². The van der Waals surface area contributed by atoms with Gasteiger partial charge in [-0.15, -0.1) is 0 Å². The molecule has 3 atom stereocenters. The van der Waals surface area contributed by atoms with Crippen LogP contribution in [-0.4, -0.2) is 32.6 Å². The van der Waals surface area contributed by atoms with Crippen molar-refractivity contribution in [3.8, 4) is 11.3 Å². The lowest BCUT2D eigenvalue weighted by molar-refractivity contribution is -0.122. The summed E-state index contributed by atoms with van der Waals surface area (Å²) in [7, 11) is 0. The molecular formula is C22H23F3N4O2. The Morgan fingerprint density at radius 2 is 1.94 bits per heavy atom. The van der Waals surface area contributed by atoms with Gasteiger partial charge in [0.2, 0.25) is 0 Å². The zero-order valence-corrected chi connectivity index (χ0v) is 16.7. The molecule has 3 aliphatic rings. The highest BCUT2D eigenvalue weighted by atomic mass is 19.1. The van der Waals surface area contributed by atoms with Crippen molar-refractivity contribution in [2.24, 2.45) is 11.8 Å². The molecule has 0 radical (unpaired) electrons. The third-order valence-electron chi connectivity index (χ3n) is 6.29. The number of aromatic amines is 1. The van der Waals surface area contributed by atoms with Crippen LogP contribution in [0.5, 0.6) is 0 Å². The largest absolute Gasteiger partial charge is 0.483 e. The molecule has 3 unspecified atom stereocenters. The summed E-state index contributed by atoms with van der Waals surface area (Å²) in [5.41, 5.74) is 0.781. The van der Waals surface area contributed by atoms with E-state index in [9.17, 15) is 13.2 Å². The molecule has 0 spiro atoms. The normalized spacial score (nSPS) is 22.5. The molecule has 0 saturated heterocycles. The van der Waals surface area contributed by atoms with E-state index in [0.717, 1.165) is 31.5 Å². The van der Waals surface area contributed by atoms with Gasteiger partial charge < -0.3 is 15.4 Å². The Kier molecular flexibility index (Phi) is 6.11. The highest BCUT2D eigenvalue weighted by molar-refractivity contribution is 5.92. The van der Waals surface area contributed by atoms with Gasteiger partial charge in [-0.3, -0.25) is 4.79 Å². The van der Waals surface area contributed by atoms with Gasteiger partial charge in [-0.1, -0.05) is 19.3 Å². The van der Waals surface area contributed by atoms with Crippen molar-refractivity contribution in [1.82, 2.24) is 15.0 Å². The molecule has 3 heterocycles. The van der Waals surface area contributed by atoms with Crippen molar-refractivity contribution in [1.29, 1.82) is 0 Å². The molecule has 3 aliphatic carbocycles. The second-order valence-corrected chi connectivity index (χ2v) is 8.13. The number of fused-ring (bicyclic) bond motifs is 5. The van der Waals surface area contributed by atoms with Gasteiger partial charge in [0.05, 0.1) is 6.20 Å². The number of hydrogen-bond acceptors (Lipinski definition) is 4. The third kappa shape index (κ3) is 4.35. The molecule has 0 aliphatic heterocycles. The number of nitrogens with one attached hydrogen (secondary N) is 2. The Hall–Kier alpha value is -3.10. The second-order valence-electron chi connectivity index (χ2n) is 8.13. The van der Waals surface area contributed by atoms with Gasteiger partial charge in [-0.2, -0.15) is 0 Å². The molecule has 2 bridgehead atoms. The molecule has 0 amide bonds. The molecule has 164 valence electrons. The van der Waals surface area contributed by atoms with Crippen LogP contribution in [0.2, 0.25) is 0 Å². The first-order valence-corrected chi connectivity index (χ1v) is 10.3. The van der Waals surface area contributed by atoms with Crippen molar-refractivity contribution in [3.63, 3.8) is 0 Å². The molecule has 6 nitrogen and oxygen atoms in total. The lowest BCUT2D eigenvalue weighted by Gasteiger charge is -2.33. The summed E-state index contributed by atoms with van der Waals surface area (Å²) in [4.78, 5) is 19.5. The molecule has 3 aromatic heterocycles. The molecule has 3 saturated carbocycles. The summed E-state index contributed by atoms with van der Waals surface area (Å²) in [5.74, 6) is -0.779. The molecule has 0 aromatic carbocycles. The third-order valence-corrected chi connectivity index (χ3v) is 6.29. The maximum atomic E-state index is 14.6. The monoisotopic (exact) mass is 432 g/mol. The van der Waals surface area contributed by atoms with Crippen molar-refractivity contribution in [2.45, 2.75) is 44.6 Å². The molecule has 31 heavy (non-hydrogen) atoms. The summed E-state index contributed by atoms with van der Waals surface area (Å²) in [6.07, 6.45) is 9.58. The summed E-state index contributed by atoms with van der Waals surface area (Å²) in [6, 6.07) is 2.28. The van der Waals surface area contributed by atoms with Crippen molar-refractivity contribution >= 4 is 23.3 Å². The van der Waals surface area contributed by atoms with Crippen LogP contribution in [0, 0.1) is 29.3 Å². The number of hydrogen-bond donors (Lipinski definition) is 3. The average Bonchev–Trinajstić information content (AvgIpc) is 2.89. The predicted octanol–water partition coefficient (Wildman–Crippen LogP) is 5.12. The molecule has 3 fully saturated rings. The van der Waals surface area contributed by atoms with Crippen LogP contribution in [-0.2, 0) is 4.79 Å². The van der Waals surface area contributed by atoms with Crippen LogP contribution >= 0.6 is 0 Å². The van der Waals surface area contributed by atoms with Crippen LogP contribution in [0.4, 0.5) is 19.0 Å². The lowest BCUT2D eigenvalue weighted by atomic mass is 9.80. The number of rotatable bonds is 3. The summed E-state index contributed by atoms with van der Waals surface area (Å²) in [5, 5.41) is 10.6. The van der Waals surface area contributed by atoms with Gasteiger partial charge in [0.15, 0.2) is 17.5 Å². The maximum Gasteiger partial charge on any atom is 0.290 e. The van der Waals surface area contributed by atoms with Crippen LogP contribution in [0.15, 0.2) is 24.5 Å². The molecule has 6 rings (SSSR count). The Balaban J connectivity index is 0.000000730. The van der Waals surface area contributed by atoms with Crippen LogP contribution < -0.4 is 5.32 Å². The zero-order chi connectivity index (χ0) is 22.0. The first kappa shape index (κ1) is 21.1. The number of carbonyl (C=O) groups is 1. The molecule has 3 aromatic rings. The number of anilines is 1. The minimum Gasteiger partial charge on any atom is -0.483 e. The van der Waals surface area contributed by atoms with Gasteiger partial charge in [-0.05, 0) is 37.2 Å². The topological polar surface area (TPSA) is 90.9 Å². The quantitative estimate of drug-likeness (QED) is 0.500. The number of carboxylic acid groups (broad SMARTS) is 1. The van der Waals surface area contributed by atoms with Gasteiger partial charge >= 0.3 is 0 Å². The standard InChI is InChI=1S/C21H21F3N4.CH2O2/c22-13-7-14-15(10-26-20(14)25-9-13)19-16(23)8-17(24)21(28-19)27-18-6-11-2-1-3-12(18)5-4-11;2-1-3/h7-12,18H,1-6H2,(H,25,26)(H,27,28);1H,(H,2,3). The molecule has 3 N–H and O–H groups in total. The van der Waals surface area contributed by atoms with Gasteiger partial charge in [0.25, 0.3) is 6.47 Å². The summed E-state index contributed by atoms with van der Waals surface area (Å²) < 4.78 is 42.7. The lowest BCUT2D eigenvalue weighted by Crippen LogP contribution is -2.34.